The molecule has 0 spiro atoms. The number of benzene rings is 2. The van der Waals surface area contributed by atoms with Gasteiger partial charge >= 0.3 is 19.4 Å². The van der Waals surface area contributed by atoms with Crippen LogP contribution in [0.3, 0.4) is 0 Å². The van der Waals surface area contributed by atoms with E-state index in [0.717, 1.165) is 10.1 Å². The van der Waals surface area contributed by atoms with Crippen LogP contribution >= 0.6 is 7.75 Å². The fourth-order valence-electron chi connectivity index (χ4n) is 5.12. The summed E-state index contributed by atoms with van der Waals surface area (Å²) in [5.74, 6) is -1.55. The van der Waals surface area contributed by atoms with Crippen LogP contribution in [0.2, 0.25) is 0 Å². The molecule has 5 atom stereocenters. The Morgan fingerprint density at radius 1 is 1.17 bits per heavy atom. The lowest BCUT2D eigenvalue weighted by atomic mass is 10.1. The zero-order valence-electron chi connectivity index (χ0n) is 22.8. The number of para-hydroxylation sites is 1. The summed E-state index contributed by atoms with van der Waals surface area (Å²) in [6, 6.07) is 16.5. The quantitative estimate of drug-likeness (QED) is 0.262. The summed E-state index contributed by atoms with van der Waals surface area (Å²) >= 11 is 0. The number of aromatic amines is 1. The van der Waals surface area contributed by atoms with Crippen molar-refractivity contribution in [1.29, 1.82) is 0 Å². The Bertz CT molecular complexity index is 1570. The van der Waals surface area contributed by atoms with Crippen LogP contribution in [0.5, 0.6) is 5.75 Å². The largest absolute Gasteiger partial charge is 0.462 e. The molecule has 2 aromatic carbocycles. The summed E-state index contributed by atoms with van der Waals surface area (Å²) in [6.45, 7) is 1.24. The molecule has 2 saturated heterocycles. The number of aliphatic hydroxyl groups excluding tert-OH is 1. The van der Waals surface area contributed by atoms with E-state index in [-0.39, 0.29) is 25.3 Å². The average Bonchev–Trinajstić information content (AvgIpc) is 3.59. The highest BCUT2D eigenvalue weighted by Crippen LogP contribution is 2.56. The monoisotopic (exact) mass is 603 g/mol. The Morgan fingerprint density at radius 2 is 1.86 bits per heavy atom. The van der Waals surface area contributed by atoms with Crippen molar-refractivity contribution in [3.63, 3.8) is 0 Å². The Morgan fingerprint density at radius 3 is 2.57 bits per heavy atom. The van der Waals surface area contributed by atoms with E-state index in [1.165, 1.54) is 11.6 Å². The molecule has 14 heteroatoms. The topological polar surface area (TPSA) is 149 Å². The average molecular weight is 604 g/mol. The molecule has 0 bridgehead atoms. The molecule has 2 N–H and O–H groups in total. The van der Waals surface area contributed by atoms with E-state index in [2.05, 4.69) is 0 Å². The number of nitrogens with one attached hydrogen (secondary N) is 1. The Labute approximate surface area is 240 Å². The van der Waals surface area contributed by atoms with Gasteiger partial charge in [0.05, 0.1) is 18.9 Å². The second-order valence-corrected chi connectivity index (χ2v) is 12.2. The molecule has 5 rings (SSSR count). The molecule has 1 aromatic heterocycles. The van der Waals surface area contributed by atoms with Crippen molar-refractivity contribution in [2.45, 2.75) is 56.8 Å². The normalized spacial score (nSPS) is 25.6. The smallest absolute Gasteiger partial charge is 0.460 e. The van der Waals surface area contributed by atoms with Crippen molar-refractivity contribution in [2.24, 2.45) is 0 Å². The first-order chi connectivity index (χ1) is 20.1. The highest BCUT2D eigenvalue weighted by atomic mass is 31.2. The lowest BCUT2D eigenvalue weighted by molar-refractivity contribution is -0.149. The third kappa shape index (κ3) is 6.40. The SMILES string of the molecule is C[C@]1(n2cc(F)c(=O)[nH]c2=O)CC(O)[C@@H](COP(=O)(Oc2ccccc2)N2CCCC2C(=O)OCc2ccccc2)O1. The van der Waals surface area contributed by atoms with Crippen molar-refractivity contribution in [3.05, 3.63) is 99.1 Å². The lowest BCUT2D eigenvalue weighted by Crippen LogP contribution is -2.43. The second kappa shape index (κ2) is 12.3. The molecule has 0 amide bonds. The second-order valence-electron chi connectivity index (χ2n) is 10.3. The van der Waals surface area contributed by atoms with Gasteiger partial charge in [0, 0.05) is 13.0 Å². The van der Waals surface area contributed by atoms with Crippen LogP contribution in [0.15, 0.2) is 76.4 Å². The number of esters is 1. The highest BCUT2D eigenvalue weighted by Gasteiger charge is 2.50. The van der Waals surface area contributed by atoms with Gasteiger partial charge in [-0.15, -0.1) is 0 Å². The zero-order chi connectivity index (χ0) is 29.9. The fraction of sp³-hybridized carbons (Fsp3) is 0.393. The number of ether oxygens (including phenoxy) is 2. The van der Waals surface area contributed by atoms with Gasteiger partial charge in [-0.05, 0) is 37.5 Å². The van der Waals surface area contributed by atoms with Crippen LogP contribution < -0.4 is 15.8 Å². The van der Waals surface area contributed by atoms with Crippen LogP contribution in [-0.2, 0) is 35.7 Å². The Balaban J connectivity index is 1.34. The number of carbonyl (C=O) groups excluding carboxylic acids is 1. The number of aliphatic hydroxyl groups is 1. The van der Waals surface area contributed by atoms with E-state index in [4.69, 9.17) is 18.5 Å². The molecule has 3 heterocycles. The number of carbonyl (C=O) groups is 1. The van der Waals surface area contributed by atoms with E-state index in [1.54, 1.807) is 30.3 Å². The van der Waals surface area contributed by atoms with Gasteiger partial charge < -0.3 is 19.1 Å². The van der Waals surface area contributed by atoms with E-state index in [0.29, 0.717) is 19.0 Å². The molecular formula is C28H31FN3O9P. The first-order valence-corrected chi connectivity index (χ1v) is 14.9. The molecule has 0 radical (unpaired) electrons. The highest BCUT2D eigenvalue weighted by molar-refractivity contribution is 7.51. The van der Waals surface area contributed by atoms with Crippen molar-refractivity contribution in [2.75, 3.05) is 13.2 Å². The van der Waals surface area contributed by atoms with E-state index >= 15 is 0 Å². The van der Waals surface area contributed by atoms with Gasteiger partial charge in [0.25, 0.3) is 5.56 Å². The molecule has 3 aromatic rings. The predicted octanol–water partition coefficient (Wildman–Crippen LogP) is 2.91. The molecule has 224 valence electrons. The van der Waals surface area contributed by atoms with Crippen molar-refractivity contribution in [3.8, 4) is 5.75 Å². The number of rotatable bonds is 10. The Hall–Kier alpha value is -3.61. The number of halogens is 1. The van der Waals surface area contributed by atoms with Gasteiger partial charge in [-0.2, -0.15) is 9.06 Å². The van der Waals surface area contributed by atoms with Crippen molar-refractivity contribution < 1.29 is 37.4 Å². The van der Waals surface area contributed by atoms with Gasteiger partial charge in [0.2, 0.25) is 5.82 Å². The zero-order valence-corrected chi connectivity index (χ0v) is 23.7. The third-order valence-electron chi connectivity index (χ3n) is 7.23. The van der Waals surface area contributed by atoms with Gasteiger partial charge in [0.15, 0.2) is 0 Å². The first-order valence-electron chi connectivity index (χ1n) is 13.4. The van der Waals surface area contributed by atoms with Gasteiger partial charge in [0.1, 0.15) is 30.2 Å². The maximum Gasteiger partial charge on any atom is 0.462 e. The summed E-state index contributed by atoms with van der Waals surface area (Å²) in [6.07, 6.45) is -0.897. The summed E-state index contributed by atoms with van der Waals surface area (Å²) < 4.78 is 53.7. The molecule has 2 fully saturated rings. The van der Waals surface area contributed by atoms with Gasteiger partial charge in [-0.25, -0.2) is 9.36 Å². The minimum Gasteiger partial charge on any atom is -0.460 e. The van der Waals surface area contributed by atoms with Crippen LogP contribution in [0, 0.1) is 5.82 Å². The maximum absolute atomic E-state index is 14.4. The first kappa shape index (κ1) is 29.9. The van der Waals surface area contributed by atoms with Crippen LogP contribution in [0.4, 0.5) is 4.39 Å². The molecule has 12 nitrogen and oxygen atoms in total. The molecule has 0 aliphatic carbocycles. The van der Waals surface area contributed by atoms with Crippen LogP contribution in [0.1, 0.15) is 31.7 Å². The molecule has 3 unspecified atom stereocenters. The fourth-order valence-corrected chi connectivity index (χ4v) is 7.08. The molecule has 42 heavy (non-hydrogen) atoms. The lowest BCUT2D eigenvalue weighted by Gasteiger charge is -2.31. The van der Waals surface area contributed by atoms with E-state index in [1.807, 2.05) is 35.3 Å². The van der Waals surface area contributed by atoms with Crippen LogP contribution in [-0.4, -0.2) is 56.7 Å². The minimum absolute atomic E-state index is 0.0418. The number of nitrogens with zero attached hydrogens (tertiary/aromatic N) is 2. The molecular weight excluding hydrogens is 572 g/mol. The summed E-state index contributed by atoms with van der Waals surface area (Å²) in [7, 11) is -4.25. The van der Waals surface area contributed by atoms with Crippen molar-refractivity contribution in [1.82, 2.24) is 14.2 Å². The number of H-pyrrole nitrogens is 1. The molecule has 0 saturated carbocycles. The van der Waals surface area contributed by atoms with E-state index < -0.39 is 61.4 Å². The van der Waals surface area contributed by atoms with Crippen LogP contribution in [0.25, 0.3) is 0 Å². The molecule has 2 aliphatic rings. The van der Waals surface area contributed by atoms with Crippen molar-refractivity contribution >= 4 is 13.7 Å². The standard InChI is InChI=1S/C28H31FN3O9P/c1-28(31-16-21(29)25(34)30-27(31)36)15-23(33)24(40-28)18-39-42(37,41-20-11-6-3-7-12-20)32-14-8-13-22(32)26(35)38-17-19-9-4-2-5-10-19/h2-7,9-12,16,22-24,33H,8,13-15,17-18H2,1H3,(H,30,34,36)/t22?,23?,24-,28-,42?/m1/s1. The van der Waals surface area contributed by atoms with Gasteiger partial charge in [-0.1, -0.05) is 48.5 Å². The number of hydrogen-bond donors (Lipinski definition) is 2. The molecule has 2 aliphatic heterocycles. The summed E-state index contributed by atoms with van der Waals surface area (Å²) in [4.78, 5) is 38.8. The van der Waals surface area contributed by atoms with E-state index in [9.17, 15) is 28.4 Å². The minimum atomic E-state index is -4.25. The summed E-state index contributed by atoms with van der Waals surface area (Å²) in [5, 5.41) is 10.8. The summed E-state index contributed by atoms with van der Waals surface area (Å²) in [5.41, 5.74) is -2.85. The number of hydrogen-bond acceptors (Lipinski definition) is 9. The maximum atomic E-state index is 14.4. The third-order valence-corrected chi connectivity index (χ3v) is 9.26. The Kier molecular flexibility index (Phi) is 8.76. The number of aromatic nitrogens is 2. The van der Waals surface area contributed by atoms with Gasteiger partial charge in [-0.3, -0.25) is 23.7 Å². The predicted molar refractivity (Wildman–Crippen MR) is 147 cm³/mol.